The zero-order chi connectivity index (χ0) is 21.8. The minimum Gasteiger partial charge on any atom is -0.419 e. The van der Waals surface area contributed by atoms with Crippen molar-refractivity contribution in [2.45, 2.75) is 32.4 Å². The average Bonchev–Trinajstić information content (AvgIpc) is 3.07. The molecule has 2 aromatic rings. The lowest BCUT2D eigenvalue weighted by atomic mass is 10.1. The summed E-state index contributed by atoms with van der Waals surface area (Å²) in [5.74, 6) is -0.115. The molecule has 0 radical (unpaired) electrons. The highest BCUT2D eigenvalue weighted by Gasteiger charge is 2.44. The van der Waals surface area contributed by atoms with Gasteiger partial charge in [-0.25, -0.2) is 19.7 Å². The Morgan fingerprint density at radius 3 is 2.68 bits per heavy atom. The van der Waals surface area contributed by atoms with E-state index in [2.05, 4.69) is 19.9 Å². The first-order chi connectivity index (χ1) is 15.1. The highest BCUT2D eigenvalue weighted by molar-refractivity contribution is 6.30. The van der Waals surface area contributed by atoms with Crippen molar-refractivity contribution in [2.75, 3.05) is 37.6 Å². The van der Waals surface area contributed by atoms with E-state index >= 15 is 0 Å². The van der Waals surface area contributed by atoms with E-state index in [1.54, 1.807) is 17.0 Å². The van der Waals surface area contributed by atoms with E-state index in [0.717, 1.165) is 19.6 Å². The van der Waals surface area contributed by atoms with Crippen LogP contribution in [0.5, 0.6) is 0 Å². The van der Waals surface area contributed by atoms with Gasteiger partial charge in [0.05, 0.1) is 5.02 Å². The van der Waals surface area contributed by atoms with E-state index in [9.17, 15) is 9.59 Å². The highest BCUT2D eigenvalue weighted by Crippen LogP contribution is 2.35. The maximum absolute atomic E-state index is 13.0. The Bertz CT molecular complexity index is 935. The fourth-order valence-electron chi connectivity index (χ4n) is 3.87. The molecule has 2 aliphatic rings. The second kappa shape index (κ2) is 9.57. The molecule has 1 atom stereocenters. The van der Waals surface area contributed by atoms with Gasteiger partial charge in [-0.05, 0) is 45.0 Å². The SMILES string of the molecule is CCN(CCN1CCCCC1)C(=O)O[C@@H]1c2nccnc2C(=O)N1c1ccc(Cl)cn1. The molecule has 164 valence electrons. The first kappa shape index (κ1) is 21.5. The number of likely N-dealkylation sites (tertiary alicyclic amines) is 1. The molecular formula is C21H25ClN6O3. The lowest BCUT2D eigenvalue weighted by Crippen LogP contribution is -2.42. The second-order valence-corrected chi connectivity index (χ2v) is 7.95. The summed E-state index contributed by atoms with van der Waals surface area (Å²) in [6.45, 7) is 5.88. The van der Waals surface area contributed by atoms with Crippen LogP contribution in [0.25, 0.3) is 0 Å². The van der Waals surface area contributed by atoms with Gasteiger partial charge in [0.2, 0.25) is 6.23 Å². The molecule has 0 bridgehead atoms. The van der Waals surface area contributed by atoms with Crippen molar-refractivity contribution in [3.8, 4) is 0 Å². The minimum atomic E-state index is -1.04. The largest absolute Gasteiger partial charge is 0.419 e. The number of hydrogen-bond acceptors (Lipinski definition) is 7. The number of anilines is 1. The number of amides is 2. The summed E-state index contributed by atoms with van der Waals surface area (Å²) in [5.41, 5.74) is 0.443. The van der Waals surface area contributed by atoms with Crippen molar-refractivity contribution < 1.29 is 14.3 Å². The molecule has 1 saturated heterocycles. The zero-order valence-electron chi connectivity index (χ0n) is 17.4. The fourth-order valence-corrected chi connectivity index (χ4v) is 3.99. The minimum absolute atomic E-state index is 0.147. The van der Waals surface area contributed by atoms with Crippen molar-refractivity contribution in [1.82, 2.24) is 24.8 Å². The van der Waals surface area contributed by atoms with Gasteiger partial charge in [0.25, 0.3) is 5.91 Å². The van der Waals surface area contributed by atoms with Crippen LogP contribution in [0.3, 0.4) is 0 Å². The molecule has 4 rings (SSSR count). The first-order valence-corrected chi connectivity index (χ1v) is 10.9. The highest BCUT2D eigenvalue weighted by atomic mass is 35.5. The van der Waals surface area contributed by atoms with Gasteiger partial charge in [0.15, 0.2) is 5.69 Å². The van der Waals surface area contributed by atoms with Crippen molar-refractivity contribution in [1.29, 1.82) is 0 Å². The molecule has 10 heteroatoms. The molecule has 2 aromatic heterocycles. The van der Waals surface area contributed by atoms with Gasteiger partial charge in [-0.2, -0.15) is 0 Å². The molecule has 1 fully saturated rings. The molecule has 0 aliphatic carbocycles. The molecule has 9 nitrogen and oxygen atoms in total. The summed E-state index contributed by atoms with van der Waals surface area (Å²) in [4.78, 5) is 43.9. The maximum Gasteiger partial charge on any atom is 0.412 e. The van der Waals surface area contributed by atoms with Crippen molar-refractivity contribution >= 4 is 29.4 Å². The van der Waals surface area contributed by atoms with E-state index < -0.39 is 18.2 Å². The Labute approximate surface area is 186 Å². The van der Waals surface area contributed by atoms with E-state index in [1.165, 1.54) is 42.8 Å². The third-order valence-electron chi connectivity index (χ3n) is 5.56. The summed E-state index contributed by atoms with van der Waals surface area (Å²) < 4.78 is 5.80. The lowest BCUT2D eigenvalue weighted by Gasteiger charge is -2.30. The molecule has 0 spiro atoms. The fraction of sp³-hybridized carbons (Fsp3) is 0.476. The number of piperidine rings is 1. The predicted molar refractivity (Wildman–Crippen MR) is 115 cm³/mol. The Kier molecular flexibility index (Phi) is 6.62. The van der Waals surface area contributed by atoms with Crippen LogP contribution in [0.2, 0.25) is 5.02 Å². The van der Waals surface area contributed by atoms with Gasteiger partial charge < -0.3 is 14.5 Å². The number of fused-ring (bicyclic) bond motifs is 1. The van der Waals surface area contributed by atoms with Crippen LogP contribution in [0.4, 0.5) is 10.6 Å². The van der Waals surface area contributed by atoms with Gasteiger partial charge in [-0.15, -0.1) is 0 Å². The van der Waals surface area contributed by atoms with Crippen LogP contribution in [0, 0.1) is 0 Å². The number of halogens is 1. The van der Waals surface area contributed by atoms with E-state index in [-0.39, 0.29) is 5.69 Å². The number of pyridine rings is 1. The van der Waals surface area contributed by atoms with Gasteiger partial charge >= 0.3 is 6.09 Å². The van der Waals surface area contributed by atoms with Crippen molar-refractivity contribution in [3.63, 3.8) is 0 Å². The maximum atomic E-state index is 13.0. The molecular weight excluding hydrogens is 420 g/mol. The van der Waals surface area contributed by atoms with Gasteiger partial charge in [-0.3, -0.25) is 9.78 Å². The first-order valence-electron chi connectivity index (χ1n) is 10.5. The van der Waals surface area contributed by atoms with Gasteiger partial charge in [0.1, 0.15) is 11.5 Å². The number of carbonyl (C=O) groups is 2. The Balaban J connectivity index is 1.52. The van der Waals surface area contributed by atoms with Crippen LogP contribution >= 0.6 is 11.6 Å². The summed E-state index contributed by atoms with van der Waals surface area (Å²) >= 11 is 5.94. The molecule has 2 aliphatic heterocycles. The Morgan fingerprint density at radius 1 is 1.19 bits per heavy atom. The molecule has 0 unspecified atom stereocenters. The Hall–Kier alpha value is -2.78. The van der Waals surface area contributed by atoms with Gasteiger partial charge in [-0.1, -0.05) is 18.0 Å². The Morgan fingerprint density at radius 2 is 1.97 bits per heavy atom. The number of ether oxygens (including phenoxy) is 1. The molecule has 0 N–H and O–H groups in total. The van der Waals surface area contributed by atoms with Crippen molar-refractivity contribution in [3.05, 3.63) is 47.1 Å². The third-order valence-corrected chi connectivity index (χ3v) is 5.79. The molecule has 0 aromatic carbocycles. The normalized spacial score (nSPS) is 18.7. The standard InChI is InChI=1S/C21H25ClN6O3/c1-2-27(13-12-26-10-4-3-5-11-26)21(30)31-20-18-17(23-8-9-24-18)19(29)28(20)16-7-6-15(22)14-25-16/h6-9,14,20H,2-5,10-13H2,1H3/t20-/m1/s1. The van der Waals surface area contributed by atoms with Crippen LogP contribution in [0.15, 0.2) is 30.7 Å². The number of carbonyl (C=O) groups excluding carboxylic acids is 2. The van der Waals surface area contributed by atoms with E-state index in [4.69, 9.17) is 16.3 Å². The molecule has 0 saturated carbocycles. The number of hydrogen-bond donors (Lipinski definition) is 0. The quantitative estimate of drug-likeness (QED) is 0.675. The summed E-state index contributed by atoms with van der Waals surface area (Å²) in [6.07, 6.45) is 6.45. The van der Waals surface area contributed by atoms with Gasteiger partial charge in [0, 0.05) is 38.2 Å². The van der Waals surface area contributed by atoms with Crippen LogP contribution in [-0.4, -0.2) is 69.5 Å². The summed E-state index contributed by atoms with van der Waals surface area (Å²) in [6, 6.07) is 3.22. The number of nitrogens with zero attached hydrogens (tertiary/aromatic N) is 6. The van der Waals surface area contributed by atoms with Crippen LogP contribution in [0.1, 0.15) is 48.6 Å². The van der Waals surface area contributed by atoms with Crippen LogP contribution in [-0.2, 0) is 4.74 Å². The summed E-state index contributed by atoms with van der Waals surface area (Å²) in [7, 11) is 0. The smallest absolute Gasteiger partial charge is 0.412 e. The number of likely N-dealkylation sites (N-methyl/N-ethyl adjacent to an activating group) is 1. The molecule has 31 heavy (non-hydrogen) atoms. The second-order valence-electron chi connectivity index (χ2n) is 7.52. The predicted octanol–water partition coefficient (Wildman–Crippen LogP) is 3.13. The molecule has 4 heterocycles. The number of rotatable bonds is 6. The zero-order valence-corrected chi connectivity index (χ0v) is 18.2. The van der Waals surface area contributed by atoms with E-state index in [1.807, 2.05) is 6.92 Å². The lowest BCUT2D eigenvalue weighted by molar-refractivity contribution is 0.0572. The average molecular weight is 445 g/mol. The van der Waals surface area contributed by atoms with Crippen LogP contribution < -0.4 is 4.90 Å². The topological polar surface area (TPSA) is 91.8 Å². The van der Waals surface area contributed by atoms with Crippen molar-refractivity contribution in [2.24, 2.45) is 0 Å². The number of aromatic nitrogens is 3. The van der Waals surface area contributed by atoms with E-state index in [0.29, 0.717) is 29.6 Å². The third kappa shape index (κ3) is 4.62. The summed E-state index contributed by atoms with van der Waals surface area (Å²) in [5, 5.41) is 0.438. The molecule has 2 amide bonds. The monoisotopic (exact) mass is 444 g/mol.